The Kier molecular flexibility index (Phi) is 3.58. The van der Waals surface area contributed by atoms with Gasteiger partial charge in [-0.25, -0.2) is 0 Å². The van der Waals surface area contributed by atoms with Gasteiger partial charge in [0.15, 0.2) is 0 Å². The molecule has 0 spiro atoms. The summed E-state index contributed by atoms with van der Waals surface area (Å²) < 4.78 is 2.25. The summed E-state index contributed by atoms with van der Waals surface area (Å²) >= 11 is 0. The van der Waals surface area contributed by atoms with Crippen LogP contribution in [0.25, 0.3) is 0 Å². The van der Waals surface area contributed by atoms with Gasteiger partial charge in [0.2, 0.25) is 0 Å². The quantitative estimate of drug-likeness (QED) is 0.926. The number of aryl methyl sites for hydroxylation is 1. The van der Waals surface area contributed by atoms with Crippen LogP contribution in [0.1, 0.15) is 41.1 Å². The first kappa shape index (κ1) is 13.0. The Hall–Kier alpha value is -2.05. The molecule has 3 rings (SSSR count). The molecule has 0 amide bonds. The molecule has 0 saturated carbocycles. The van der Waals surface area contributed by atoms with Gasteiger partial charge in [0.05, 0.1) is 11.6 Å². The van der Waals surface area contributed by atoms with Crippen LogP contribution in [0.5, 0.6) is 0 Å². The molecular formula is C17H19N3. The second-order valence-electron chi connectivity index (χ2n) is 5.46. The Morgan fingerprint density at radius 2 is 2.30 bits per heavy atom. The summed E-state index contributed by atoms with van der Waals surface area (Å²) in [5.74, 6) is 0. The van der Waals surface area contributed by atoms with Crippen LogP contribution in [-0.2, 0) is 13.0 Å². The minimum Gasteiger partial charge on any atom is -0.349 e. The molecule has 0 aliphatic heterocycles. The molecule has 0 saturated heterocycles. The van der Waals surface area contributed by atoms with Gasteiger partial charge in [-0.1, -0.05) is 12.1 Å². The number of nitrogens with one attached hydrogen (secondary N) is 1. The highest BCUT2D eigenvalue weighted by atomic mass is 15.0. The summed E-state index contributed by atoms with van der Waals surface area (Å²) in [7, 11) is 2.04. The fraction of sp³-hybridized carbons (Fsp3) is 0.353. The molecule has 0 fully saturated rings. The highest BCUT2D eigenvalue weighted by Gasteiger charge is 2.20. The van der Waals surface area contributed by atoms with Gasteiger partial charge in [0, 0.05) is 25.0 Å². The fourth-order valence-electron chi connectivity index (χ4n) is 3.09. The molecule has 3 heteroatoms. The predicted octanol–water partition coefficient (Wildman–Crippen LogP) is 3.00. The normalized spacial score (nSPS) is 17.5. The van der Waals surface area contributed by atoms with E-state index >= 15 is 0 Å². The summed E-state index contributed by atoms with van der Waals surface area (Å²) in [5.41, 5.74) is 4.81. The second kappa shape index (κ2) is 5.52. The Morgan fingerprint density at radius 3 is 3.10 bits per heavy atom. The zero-order valence-corrected chi connectivity index (χ0v) is 11.8. The van der Waals surface area contributed by atoms with E-state index in [1.807, 2.05) is 25.2 Å². The van der Waals surface area contributed by atoms with Gasteiger partial charge < -0.3 is 9.88 Å². The zero-order valence-electron chi connectivity index (χ0n) is 11.8. The number of rotatable bonds is 3. The molecule has 1 N–H and O–H groups in total. The van der Waals surface area contributed by atoms with E-state index in [9.17, 15) is 0 Å². The lowest BCUT2D eigenvalue weighted by Crippen LogP contribution is -2.20. The zero-order chi connectivity index (χ0) is 13.9. The number of aromatic nitrogens is 1. The van der Waals surface area contributed by atoms with Gasteiger partial charge in [0.25, 0.3) is 0 Å². The van der Waals surface area contributed by atoms with Crippen molar-refractivity contribution in [2.24, 2.45) is 0 Å². The summed E-state index contributed by atoms with van der Waals surface area (Å²) in [6.45, 7) is 0.832. The molecule has 1 aromatic carbocycles. The molecule has 1 atom stereocenters. The summed E-state index contributed by atoms with van der Waals surface area (Å²) in [5, 5.41) is 12.4. The molecule has 102 valence electrons. The van der Waals surface area contributed by atoms with Crippen LogP contribution < -0.4 is 5.32 Å². The third-order valence-corrected chi connectivity index (χ3v) is 4.08. The van der Waals surface area contributed by atoms with Crippen LogP contribution >= 0.6 is 0 Å². The van der Waals surface area contributed by atoms with Crippen LogP contribution in [0.3, 0.4) is 0 Å². The SMILES string of the molecule is CNC1CCCc2cn(Cc3cccc(C#N)c3)cc21. The molecule has 1 heterocycles. The van der Waals surface area contributed by atoms with Gasteiger partial charge in [-0.3, -0.25) is 0 Å². The number of hydrogen-bond donors (Lipinski definition) is 1. The van der Waals surface area contributed by atoms with Crippen LogP contribution in [0.15, 0.2) is 36.7 Å². The third-order valence-electron chi connectivity index (χ3n) is 4.08. The van der Waals surface area contributed by atoms with E-state index in [-0.39, 0.29) is 0 Å². The molecule has 0 bridgehead atoms. The lowest BCUT2D eigenvalue weighted by molar-refractivity contribution is 0.498. The first-order valence-corrected chi connectivity index (χ1v) is 7.15. The van der Waals surface area contributed by atoms with Crippen molar-refractivity contribution < 1.29 is 0 Å². The predicted molar refractivity (Wildman–Crippen MR) is 79.4 cm³/mol. The third kappa shape index (κ3) is 2.48. The van der Waals surface area contributed by atoms with E-state index in [2.05, 4.69) is 34.4 Å². The van der Waals surface area contributed by atoms with Gasteiger partial charge in [0.1, 0.15) is 0 Å². The van der Waals surface area contributed by atoms with Crippen molar-refractivity contribution in [1.29, 1.82) is 5.26 Å². The van der Waals surface area contributed by atoms with E-state index in [1.165, 1.54) is 36.0 Å². The number of benzene rings is 1. The van der Waals surface area contributed by atoms with Crippen LogP contribution in [0, 0.1) is 11.3 Å². The number of fused-ring (bicyclic) bond motifs is 1. The number of nitrogens with zero attached hydrogens (tertiary/aromatic N) is 2. The monoisotopic (exact) mass is 265 g/mol. The number of hydrogen-bond acceptors (Lipinski definition) is 2. The van der Waals surface area contributed by atoms with Gasteiger partial charge >= 0.3 is 0 Å². The van der Waals surface area contributed by atoms with Crippen LogP contribution in [0.4, 0.5) is 0 Å². The van der Waals surface area contributed by atoms with Gasteiger partial charge in [-0.2, -0.15) is 5.26 Å². The van der Waals surface area contributed by atoms with Crippen molar-refractivity contribution in [2.75, 3.05) is 7.05 Å². The van der Waals surface area contributed by atoms with Gasteiger partial charge in [-0.05, 0) is 55.1 Å². The first-order chi connectivity index (χ1) is 9.80. The minimum atomic E-state index is 0.491. The fourth-order valence-corrected chi connectivity index (χ4v) is 3.09. The lowest BCUT2D eigenvalue weighted by atomic mass is 9.91. The van der Waals surface area contributed by atoms with E-state index in [4.69, 9.17) is 5.26 Å². The molecule has 0 radical (unpaired) electrons. The van der Waals surface area contributed by atoms with Crippen molar-refractivity contribution in [2.45, 2.75) is 31.8 Å². The highest BCUT2D eigenvalue weighted by Crippen LogP contribution is 2.30. The molecular weight excluding hydrogens is 246 g/mol. The highest BCUT2D eigenvalue weighted by molar-refractivity contribution is 5.34. The van der Waals surface area contributed by atoms with Crippen molar-refractivity contribution in [3.8, 4) is 6.07 Å². The maximum Gasteiger partial charge on any atom is 0.0991 e. The van der Waals surface area contributed by atoms with E-state index in [0.29, 0.717) is 6.04 Å². The van der Waals surface area contributed by atoms with Crippen LogP contribution in [0.2, 0.25) is 0 Å². The molecule has 1 aromatic heterocycles. The van der Waals surface area contributed by atoms with Crippen molar-refractivity contribution in [1.82, 2.24) is 9.88 Å². The minimum absolute atomic E-state index is 0.491. The van der Waals surface area contributed by atoms with Crippen molar-refractivity contribution in [3.63, 3.8) is 0 Å². The molecule has 2 aromatic rings. The molecule has 1 unspecified atom stereocenters. The summed E-state index contributed by atoms with van der Waals surface area (Å²) in [4.78, 5) is 0. The smallest absolute Gasteiger partial charge is 0.0991 e. The maximum atomic E-state index is 8.96. The molecule has 20 heavy (non-hydrogen) atoms. The lowest BCUT2D eigenvalue weighted by Gasteiger charge is -2.21. The largest absolute Gasteiger partial charge is 0.349 e. The van der Waals surface area contributed by atoms with E-state index in [1.54, 1.807) is 0 Å². The van der Waals surface area contributed by atoms with Gasteiger partial charge in [-0.15, -0.1) is 0 Å². The average molecular weight is 265 g/mol. The number of nitriles is 1. The molecule has 1 aliphatic carbocycles. The maximum absolute atomic E-state index is 8.96. The summed E-state index contributed by atoms with van der Waals surface area (Å²) in [6.07, 6.45) is 8.18. The topological polar surface area (TPSA) is 40.8 Å². The Balaban J connectivity index is 1.85. The first-order valence-electron chi connectivity index (χ1n) is 7.15. The standard InChI is InChI=1S/C17H19N3/c1-19-17-7-3-6-15-11-20(12-16(15)17)10-14-5-2-4-13(8-14)9-18/h2,4-5,8,11-12,17,19H,3,6-7,10H2,1H3. The Labute approximate surface area is 119 Å². The molecule has 3 nitrogen and oxygen atoms in total. The van der Waals surface area contributed by atoms with E-state index < -0.39 is 0 Å². The van der Waals surface area contributed by atoms with Crippen molar-refractivity contribution >= 4 is 0 Å². The molecule has 1 aliphatic rings. The average Bonchev–Trinajstić information content (AvgIpc) is 2.89. The van der Waals surface area contributed by atoms with E-state index in [0.717, 1.165) is 12.1 Å². The Morgan fingerprint density at radius 1 is 1.40 bits per heavy atom. The van der Waals surface area contributed by atoms with Crippen molar-refractivity contribution in [3.05, 3.63) is 58.9 Å². The van der Waals surface area contributed by atoms with Crippen LogP contribution in [-0.4, -0.2) is 11.6 Å². The summed E-state index contributed by atoms with van der Waals surface area (Å²) in [6, 6.07) is 10.5. The second-order valence-corrected chi connectivity index (χ2v) is 5.46. The Bertz CT molecular complexity index is 648.